The first-order valence-corrected chi connectivity index (χ1v) is 20.7. The van der Waals surface area contributed by atoms with Crippen LogP contribution < -0.4 is 26.2 Å². The number of fused-ring (bicyclic) bond motifs is 1. The first kappa shape index (κ1) is 41.3. The molecule has 2 fully saturated rings. The van der Waals surface area contributed by atoms with Crippen LogP contribution in [0.2, 0.25) is 0 Å². The summed E-state index contributed by atoms with van der Waals surface area (Å²) in [6.07, 6.45) is 5.89. The second-order valence-electron chi connectivity index (χ2n) is 16.4. The largest absolute Gasteiger partial charge is 0.392 e. The zero-order chi connectivity index (χ0) is 42.5. The molecule has 8 rings (SSSR count). The number of carbonyl (C=O) groups excluding carboxylic acids is 2. The summed E-state index contributed by atoms with van der Waals surface area (Å²) in [4.78, 5) is 47.9. The monoisotopic (exact) mass is 828 g/mol. The van der Waals surface area contributed by atoms with Crippen LogP contribution in [0.15, 0.2) is 104 Å². The molecule has 2 aliphatic rings. The molecule has 61 heavy (non-hydrogen) atoms. The Bertz CT molecular complexity index is 2360. The number of nitrogens with zero attached hydrogens (tertiary/aromatic N) is 8. The van der Waals surface area contributed by atoms with Crippen molar-refractivity contribution < 1.29 is 24.9 Å². The molecule has 0 unspecified atom stereocenters. The number of rotatable bonds is 14. The third kappa shape index (κ3) is 9.33. The van der Waals surface area contributed by atoms with E-state index in [0.717, 1.165) is 42.9 Å². The normalized spacial score (nSPS) is 19.6. The minimum absolute atomic E-state index is 0.00281. The number of benzene rings is 2. The molecule has 1 aliphatic carbocycles. The van der Waals surface area contributed by atoms with Crippen molar-refractivity contribution in [2.24, 2.45) is 0 Å². The number of piperidine rings is 1. The predicted octanol–water partition coefficient (Wildman–Crippen LogP) is 3.54. The van der Waals surface area contributed by atoms with Gasteiger partial charge in [-0.05, 0) is 56.4 Å². The summed E-state index contributed by atoms with van der Waals surface area (Å²) in [5.74, 6) is 0.449. The molecule has 4 aromatic heterocycles. The summed E-state index contributed by atoms with van der Waals surface area (Å²) < 4.78 is 3.22. The van der Waals surface area contributed by atoms with Gasteiger partial charge in [-0.15, -0.1) is 0 Å². The maximum absolute atomic E-state index is 14.0. The van der Waals surface area contributed by atoms with E-state index in [1.807, 2.05) is 68.4 Å². The zero-order valence-electron chi connectivity index (χ0n) is 34.2. The van der Waals surface area contributed by atoms with E-state index >= 15 is 0 Å². The molecule has 0 spiro atoms. The molecule has 4 atom stereocenters. The Kier molecular flexibility index (Phi) is 12.2. The molecule has 0 bridgehead atoms. The lowest BCUT2D eigenvalue weighted by molar-refractivity contribution is 0.00720. The van der Waals surface area contributed by atoms with Gasteiger partial charge in [0.25, 0.3) is 5.91 Å². The fourth-order valence-electron chi connectivity index (χ4n) is 8.29. The number of amides is 3. The zero-order valence-corrected chi connectivity index (χ0v) is 34.2. The first-order chi connectivity index (χ1) is 29.6. The lowest BCUT2D eigenvalue weighted by Crippen LogP contribution is -2.56. The topological polar surface area (TPSA) is 220 Å². The SMILES string of the molecule is CC(C)(CNC(=O)c1nc(NCC(c2ccccc2)c2ccccc2)c2ncn([C@@H]3C[C@H](n4cc(CO)cn4)[C@@H](O)[C@H]3O)c2n1)NC(=O)NC1CCN(c2ccccn2)CC1. The number of nitrogens with one attached hydrogen (secondary N) is 4. The van der Waals surface area contributed by atoms with Crippen molar-refractivity contribution in [1.29, 1.82) is 0 Å². The van der Waals surface area contributed by atoms with E-state index in [0.29, 0.717) is 23.4 Å². The molecule has 5 heterocycles. The summed E-state index contributed by atoms with van der Waals surface area (Å²) in [5.41, 5.74) is 2.58. The van der Waals surface area contributed by atoms with Crippen molar-refractivity contribution in [2.45, 2.75) is 81.5 Å². The molecular formula is C44H52N12O5. The molecule has 17 nitrogen and oxygen atoms in total. The van der Waals surface area contributed by atoms with Crippen LogP contribution in [0.1, 0.15) is 78.4 Å². The highest BCUT2D eigenvalue weighted by Gasteiger charge is 2.44. The van der Waals surface area contributed by atoms with Gasteiger partial charge in [0.15, 0.2) is 11.5 Å². The maximum Gasteiger partial charge on any atom is 0.315 e. The third-order valence-corrected chi connectivity index (χ3v) is 11.6. The summed E-state index contributed by atoms with van der Waals surface area (Å²) in [5, 5.41) is 49.0. The van der Waals surface area contributed by atoms with E-state index in [1.54, 1.807) is 21.6 Å². The number of urea groups is 1. The van der Waals surface area contributed by atoms with Crippen LogP contribution in [0.4, 0.5) is 16.4 Å². The average Bonchev–Trinajstić information content (AvgIpc) is 4.01. The summed E-state index contributed by atoms with van der Waals surface area (Å²) in [6, 6.07) is 24.4. The van der Waals surface area contributed by atoms with Gasteiger partial charge in [-0.1, -0.05) is 66.7 Å². The molecule has 1 aliphatic heterocycles. The molecule has 0 radical (unpaired) electrons. The predicted molar refractivity (Wildman–Crippen MR) is 229 cm³/mol. The highest BCUT2D eigenvalue weighted by atomic mass is 16.3. The Morgan fingerprint density at radius 1 is 0.885 bits per heavy atom. The summed E-state index contributed by atoms with van der Waals surface area (Å²) in [6.45, 7) is 5.46. The van der Waals surface area contributed by atoms with Crippen molar-refractivity contribution in [3.8, 4) is 0 Å². The van der Waals surface area contributed by atoms with Crippen LogP contribution in [-0.4, -0.2) is 112 Å². The highest BCUT2D eigenvalue weighted by Crippen LogP contribution is 2.40. The van der Waals surface area contributed by atoms with Crippen LogP contribution in [0.25, 0.3) is 11.2 Å². The molecule has 6 aromatic rings. The van der Waals surface area contributed by atoms with Gasteiger partial charge in [0.2, 0.25) is 5.82 Å². The van der Waals surface area contributed by atoms with Gasteiger partial charge in [-0.25, -0.2) is 24.7 Å². The van der Waals surface area contributed by atoms with Gasteiger partial charge in [0, 0.05) is 56.1 Å². The number of hydrogen-bond acceptors (Lipinski definition) is 12. The van der Waals surface area contributed by atoms with Crippen molar-refractivity contribution in [1.82, 2.24) is 50.2 Å². The smallest absolute Gasteiger partial charge is 0.315 e. The minimum Gasteiger partial charge on any atom is -0.392 e. The fraction of sp³-hybridized carbons (Fsp3) is 0.386. The number of hydrogen-bond donors (Lipinski definition) is 7. The van der Waals surface area contributed by atoms with E-state index in [2.05, 4.69) is 65.5 Å². The standard InChI is InChI=1S/C44H52N12O5/c1-44(2,53-43(61)50-31-16-19-54(20-17-31)35-15-9-10-18-45-35)26-47-42(60)40-51-39(46-23-32(29-11-5-3-6-12-29)30-13-7-4-8-14-30)36-41(52-40)55(27-48-36)33-21-34(38(59)37(33)58)56-24-28(25-57)22-49-56/h3-15,18,22,24,27,31-34,37-38,57-59H,16-17,19-21,23,25-26H2,1-2H3,(H,47,60)(H,46,51,52)(H2,50,53,61)/t33-,34+,37+,38-/m1/s1. The number of aromatic nitrogens is 7. The molecule has 2 aromatic carbocycles. The minimum atomic E-state index is -1.22. The number of anilines is 2. The van der Waals surface area contributed by atoms with Crippen molar-refractivity contribution in [2.75, 3.05) is 36.4 Å². The maximum atomic E-state index is 14.0. The van der Waals surface area contributed by atoms with E-state index in [1.165, 1.54) is 12.5 Å². The van der Waals surface area contributed by atoms with E-state index in [-0.39, 0.29) is 49.0 Å². The average molecular weight is 829 g/mol. The summed E-state index contributed by atoms with van der Waals surface area (Å²) in [7, 11) is 0. The molecule has 1 saturated heterocycles. The van der Waals surface area contributed by atoms with Crippen LogP contribution in [0.5, 0.6) is 0 Å². The van der Waals surface area contributed by atoms with E-state index in [9.17, 15) is 24.9 Å². The van der Waals surface area contributed by atoms with Gasteiger partial charge in [0.05, 0.1) is 36.8 Å². The number of aliphatic hydroxyl groups excluding tert-OH is 3. The van der Waals surface area contributed by atoms with Crippen LogP contribution in [0.3, 0.4) is 0 Å². The van der Waals surface area contributed by atoms with Gasteiger partial charge < -0.3 is 46.1 Å². The van der Waals surface area contributed by atoms with Gasteiger partial charge in [0.1, 0.15) is 23.5 Å². The second kappa shape index (κ2) is 18.0. The number of aliphatic hydroxyl groups is 3. The number of imidazole rings is 1. The van der Waals surface area contributed by atoms with Gasteiger partial charge in [-0.2, -0.15) is 5.10 Å². The van der Waals surface area contributed by atoms with E-state index in [4.69, 9.17) is 9.97 Å². The first-order valence-electron chi connectivity index (χ1n) is 20.7. The molecule has 3 amide bonds. The molecule has 1 saturated carbocycles. The molecular weight excluding hydrogens is 777 g/mol. The van der Waals surface area contributed by atoms with Gasteiger partial charge in [-0.3, -0.25) is 9.48 Å². The Labute approximate surface area is 353 Å². The molecule has 17 heteroatoms. The van der Waals surface area contributed by atoms with Crippen molar-refractivity contribution in [3.63, 3.8) is 0 Å². The lowest BCUT2D eigenvalue weighted by Gasteiger charge is -2.34. The van der Waals surface area contributed by atoms with Crippen LogP contribution >= 0.6 is 0 Å². The number of carbonyl (C=O) groups is 2. The quantitative estimate of drug-likeness (QED) is 0.0839. The Morgan fingerprint density at radius 3 is 2.23 bits per heavy atom. The number of pyridine rings is 1. The third-order valence-electron chi connectivity index (χ3n) is 11.6. The Morgan fingerprint density at radius 2 is 1.57 bits per heavy atom. The summed E-state index contributed by atoms with van der Waals surface area (Å²) >= 11 is 0. The molecule has 7 N–H and O–H groups in total. The van der Waals surface area contributed by atoms with Crippen molar-refractivity contribution in [3.05, 3.63) is 126 Å². The Hall–Kier alpha value is -6.43. The van der Waals surface area contributed by atoms with Crippen LogP contribution in [-0.2, 0) is 6.61 Å². The second-order valence-corrected chi connectivity index (χ2v) is 16.4. The van der Waals surface area contributed by atoms with Crippen molar-refractivity contribution >= 4 is 34.7 Å². The van der Waals surface area contributed by atoms with Crippen LogP contribution in [0, 0.1) is 0 Å². The fourth-order valence-corrected chi connectivity index (χ4v) is 8.29. The lowest BCUT2D eigenvalue weighted by atomic mass is 9.91. The van der Waals surface area contributed by atoms with Gasteiger partial charge >= 0.3 is 6.03 Å². The molecule has 318 valence electrons. The highest BCUT2D eigenvalue weighted by molar-refractivity contribution is 5.94. The Balaban J connectivity index is 1.01. The van der Waals surface area contributed by atoms with E-state index < -0.39 is 35.7 Å².